The molecule has 1 aliphatic heterocycles. The van der Waals surface area contributed by atoms with Crippen LogP contribution in [0.5, 0.6) is 0 Å². The Balaban J connectivity index is 1.61. The number of rotatable bonds is 5. The number of nitrogens with one attached hydrogen (secondary N) is 1. The Kier molecular flexibility index (Phi) is 4.14. The van der Waals surface area contributed by atoms with Gasteiger partial charge in [0.15, 0.2) is 5.76 Å². The van der Waals surface area contributed by atoms with E-state index >= 15 is 0 Å². The van der Waals surface area contributed by atoms with Gasteiger partial charge in [-0.25, -0.2) is 0 Å². The number of hydrogen-bond donors (Lipinski definition) is 1. The van der Waals surface area contributed by atoms with Crippen molar-refractivity contribution in [1.82, 2.24) is 15.4 Å². The van der Waals surface area contributed by atoms with Gasteiger partial charge in [-0.3, -0.25) is 4.90 Å². The van der Waals surface area contributed by atoms with Crippen LogP contribution < -0.4 is 5.32 Å². The molecule has 4 heteroatoms. The van der Waals surface area contributed by atoms with E-state index in [0.717, 1.165) is 49.1 Å². The van der Waals surface area contributed by atoms with Crippen LogP contribution in [0, 0.1) is 5.92 Å². The molecule has 1 unspecified atom stereocenters. The van der Waals surface area contributed by atoms with Crippen molar-refractivity contribution >= 4 is 0 Å². The van der Waals surface area contributed by atoms with Gasteiger partial charge in [-0.05, 0) is 32.5 Å². The van der Waals surface area contributed by atoms with Crippen LogP contribution >= 0.6 is 0 Å². The van der Waals surface area contributed by atoms with Crippen molar-refractivity contribution in [3.63, 3.8) is 0 Å². The summed E-state index contributed by atoms with van der Waals surface area (Å²) in [5.41, 5.74) is 2.11. The lowest BCUT2D eigenvalue weighted by Gasteiger charge is -2.13. The fraction of sp³-hybridized carbons (Fsp3) is 0.438. The summed E-state index contributed by atoms with van der Waals surface area (Å²) in [7, 11) is 2.02. The first kappa shape index (κ1) is 13.3. The lowest BCUT2D eigenvalue weighted by Crippen LogP contribution is -2.24. The van der Waals surface area contributed by atoms with E-state index in [-0.39, 0.29) is 0 Å². The van der Waals surface area contributed by atoms with Gasteiger partial charge < -0.3 is 9.84 Å². The van der Waals surface area contributed by atoms with E-state index in [1.165, 1.54) is 6.42 Å². The molecule has 0 saturated carbocycles. The molecule has 1 fully saturated rings. The Morgan fingerprint density at radius 1 is 1.35 bits per heavy atom. The first-order valence-electron chi connectivity index (χ1n) is 7.23. The molecule has 0 amide bonds. The largest absolute Gasteiger partial charge is 0.356 e. The van der Waals surface area contributed by atoms with Gasteiger partial charge in [0.25, 0.3) is 0 Å². The number of likely N-dealkylation sites (tertiary alicyclic amines) is 1. The minimum absolute atomic E-state index is 0.764. The van der Waals surface area contributed by atoms with Crippen LogP contribution in [0.15, 0.2) is 40.9 Å². The molecule has 106 valence electrons. The average Bonchev–Trinajstić information content (AvgIpc) is 3.11. The molecule has 1 aromatic carbocycles. The predicted molar refractivity (Wildman–Crippen MR) is 79.2 cm³/mol. The molecule has 0 spiro atoms. The highest BCUT2D eigenvalue weighted by atomic mass is 16.5. The monoisotopic (exact) mass is 271 g/mol. The van der Waals surface area contributed by atoms with Gasteiger partial charge >= 0.3 is 0 Å². The molecule has 2 heterocycles. The molecule has 1 N–H and O–H groups in total. The lowest BCUT2D eigenvalue weighted by atomic mass is 10.1. The van der Waals surface area contributed by atoms with Crippen LogP contribution in [0.2, 0.25) is 0 Å². The van der Waals surface area contributed by atoms with E-state index in [2.05, 4.69) is 21.4 Å². The SMILES string of the molecule is CNCC1CCN(Cc2cc(-c3ccccc3)on2)C1. The Morgan fingerprint density at radius 2 is 2.20 bits per heavy atom. The number of hydrogen-bond acceptors (Lipinski definition) is 4. The zero-order valence-electron chi connectivity index (χ0n) is 11.9. The standard InChI is InChI=1S/C16H21N3O/c1-17-10-13-7-8-19(11-13)12-15-9-16(20-18-15)14-5-3-2-4-6-14/h2-6,9,13,17H,7-8,10-12H2,1H3. The fourth-order valence-electron chi connectivity index (χ4n) is 2.87. The Bertz CT molecular complexity index is 538. The van der Waals surface area contributed by atoms with Crippen LogP contribution in [0.4, 0.5) is 0 Å². The molecule has 4 nitrogen and oxygen atoms in total. The molecular weight excluding hydrogens is 250 g/mol. The normalized spacial score (nSPS) is 19.6. The minimum Gasteiger partial charge on any atom is -0.356 e. The fourth-order valence-corrected chi connectivity index (χ4v) is 2.87. The summed E-state index contributed by atoms with van der Waals surface area (Å²) in [5.74, 6) is 1.62. The summed E-state index contributed by atoms with van der Waals surface area (Å²) < 4.78 is 5.45. The maximum atomic E-state index is 5.45. The second kappa shape index (κ2) is 6.20. The summed E-state index contributed by atoms with van der Waals surface area (Å²) in [6.45, 7) is 4.29. The van der Waals surface area contributed by atoms with Gasteiger partial charge in [0.05, 0.1) is 5.69 Å². The zero-order valence-corrected chi connectivity index (χ0v) is 11.9. The second-order valence-corrected chi connectivity index (χ2v) is 5.50. The molecule has 0 aliphatic carbocycles. The number of nitrogens with zero attached hydrogens (tertiary/aromatic N) is 2. The van der Waals surface area contributed by atoms with Crippen molar-refractivity contribution in [2.45, 2.75) is 13.0 Å². The quantitative estimate of drug-likeness (QED) is 0.906. The van der Waals surface area contributed by atoms with Crippen molar-refractivity contribution in [2.75, 3.05) is 26.7 Å². The molecule has 0 radical (unpaired) electrons. The molecule has 1 saturated heterocycles. The maximum absolute atomic E-state index is 5.45. The Morgan fingerprint density at radius 3 is 3.00 bits per heavy atom. The number of benzene rings is 1. The summed E-state index contributed by atoms with van der Waals surface area (Å²) >= 11 is 0. The average molecular weight is 271 g/mol. The van der Waals surface area contributed by atoms with Gasteiger partial charge in [0.1, 0.15) is 0 Å². The van der Waals surface area contributed by atoms with Gasteiger partial charge in [-0.1, -0.05) is 35.5 Å². The van der Waals surface area contributed by atoms with Gasteiger partial charge in [0.2, 0.25) is 0 Å². The van der Waals surface area contributed by atoms with E-state index in [1.54, 1.807) is 0 Å². The van der Waals surface area contributed by atoms with Crippen molar-refractivity contribution in [2.24, 2.45) is 5.92 Å². The molecule has 1 aliphatic rings. The van der Waals surface area contributed by atoms with E-state index in [0.29, 0.717) is 0 Å². The molecule has 1 atom stereocenters. The molecule has 0 bridgehead atoms. The highest BCUT2D eigenvalue weighted by Crippen LogP contribution is 2.22. The third-order valence-electron chi connectivity index (χ3n) is 3.87. The van der Waals surface area contributed by atoms with E-state index in [4.69, 9.17) is 4.52 Å². The van der Waals surface area contributed by atoms with Gasteiger partial charge in [0, 0.05) is 24.7 Å². The van der Waals surface area contributed by atoms with E-state index in [9.17, 15) is 0 Å². The van der Waals surface area contributed by atoms with E-state index in [1.807, 2.05) is 37.4 Å². The van der Waals surface area contributed by atoms with Gasteiger partial charge in [-0.2, -0.15) is 0 Å². The highest BCUT2D eigenvalue weighted by molar-refractivity contribution is 5.56. The topological polar surface area (TPSA) is 41.3 Å². The second-order valence-electron chi connectivity index (χ2n) is 5.50. The van der Waals surface area contributed by atoms with Crippen LogP contribution in [0.3, 0.4) is 0 Å². The summed E-state index contributed by atoms with van der Waals surface area (Å²) in [6.07, 6.45) is 1.27. The zero-order chi connectivity index (χ0) is 13.8. The molecule has 1 aromatic heterocycles. The first-order chi connectivity index (χ1) is 9.85. The van der Waals surface area contributed by atoms with Crippen molar-refractivity contribution < 1.29 is 4.52 Å². The maximum Gasteiger partial charge on any atom is 0.167 e. The van der Waals surface area contributed by atoms with Crippen LogP contribution in [0.1, 0.15) is 12.1 Å². The van der Waals surface area contributed by atoms with Crippen LogP contribution in [0.25, 0.3) is 11.3 Å². The Hall–Kier alpha value is -1.65. The summed E-state index contributed by atoms with van der Waals surface area (Å²) in [5, 5.41) is 7.45. The summed E-state index contributed by atoms with van der Waals surface area (Å²) in [6, 6.07) is 12.2. The van der Waals surface area contributed by atoms with Crippen molar-refractivity contribution in [1.29, 1.82) is 0 Å². The number of aromatic nitrogens is 1. The van der Waals surface area contributed by atoms with Gasteiger partial charge in [-0.15, -0.1) is 0 Å². The molecule has 3 rings (SSSR count). The smallest absolute Gasteiger partial charge is 0.167 e. The third-order valence-corrected chi connectivity index (χ3v) is 3.87. The van der Waals surface area contributed by atoms with Crippen molar-refractivity contribution in [3.8, 4) is 11.3 Å². The predicted octanol–water partition coefficient (Wildman–Crippen LogP) is 2.38. The minimum atomic E-state index is 0.764. The van der Waals surface area contributed by atoms with Crippen LogP contribution in [-0.2, 0) is 6.54 Å². The third kappa shape index (κ3) is 3.08. The summed E-state index contributed by atoms with van der Waals surface area (Å²) in [4.78, 5) is 2.45. The Labute approximate surface area is 119 Å². The van der Waals surface area contributed by atoms with Crippen LogP contribution in [-0.4, -0.2) is 36.7 Å². The van der Waals surface area contributed by atoms with E-state index < -0.39 is 0 Å². The highest BCUT2D eigenvalue weighted by Gasteiger charge is 2.22. The van der Waals surface area contributed by atoms with Crippen molar-refractivity contribution in [3.05, 3.63) is 42.1 Å². The first-order valence-corrected chi connectivity index (χ1v) is 7.23. The lowest BCUT2D eigenvalue weighted by molar-refractivity contribution is 0.302. The molecular formula is C16H21N3O. The molecule has 2 aromatic rings. The molecule has 20 heavy (non-hydrogen) atoms.